The molecule has 0 bridgehead atoms. The minimum atomic E-state index is -4.70. The first-order chi connectivity index (χ1) is 42.4. The lowest BCUT2D eigenvalue weighted by molar-refractivity contribution is -0.870. The largest absolute Gasteiger partial charge is 0.756 e. The highest BCUT2D eigenvalue weighted by molar-refractivity contribution is 7.45. The standard InChI is InChI=1S/C77H153N2O7P/c1-7-10-13-16-19-22-25-27-29-31-33-35-37-38-39-40-42-43-45-47-49-51-54-57-60-63-66-69-76(80)78-74(73-85-87(82,83)84-72-71-79(4,5)6)75(68-65-62-59-56-53-24-21-18-15-12-9-3)86-77(81)70-67-64-61-58-55-52-50-48-46-44-41-36-34-32-30-28-26-23-20-17-14-11-8-2/h65,68,74-75H,7-64,66-67,69-73H2,1-6H3,(H-,78,80,82,83)/b68-65+. The van der Waals surface area contributed by atoms with Gasteiger partial charge in [0.1, 0.15) is 19.3 Å². The zero-order valence-electron chi connectivity index (χ0n) is 59.5. The van der Waals surface area contributed by atoms with Crippen LogP contribution in [-0.4, -0.2) is 69.4 Å². The fourth-order valence-electron chi connectivity index (χ4n) is 12.2. The Kier molecular flexibility index (Phi) is 66.7. The summed E-state index contributed by atoms with van der Waals surface area (Å²) in [6.07, 6.45) is 82.2. The van der Waals surface area contributed by atoms with Crippen molar-refractivity contribution in [3.8, 4) is 0 Å². The molecule has 0 aliphatic carbocycles. The van der Waals surface area contributed by atoms with Crippen molar-refractivity contribution >= 4 is 19.7 Å². The molecule has 3 atom stereocenters. The van der Waals surface area contributed by atoms with Crippen molar-refractivity contribution in [1.29, 1.82) is 0 Å². The van der Waals surface area contributed by atoms with Gasteiger partial charge >= 0.3 is 5.97 Å². The topological polar surface area (TPSA) is 114 Å². The second-order valence-electron chi connectivity index (χ2n) is 28.2. The lowest BCUT2D eigenvalue weighted by atomic mass is 10.0. The summed E-state index contributed by atoms with van der Waals surface area (Å²) in [6, 6.07) is -0.881. The van der Waals surface area contributed by atoms with E-state index in [2.05, 4.69) is 26.1 Å². The molecule has 1 N–H and O–H groups in total. The SMILES string of the molecule is CCCCCCCCCCC/C=C/C(OC(=O)CCCCCCCCCCCCCCCCCCCCCCCCC)C(COP(=O)([O-])OCC[N+](C)(C)C)NC(=O)CCCCCCCCCCCCCCCCCCCCCCCCCCCCC. The summed E-state index contributed by atoms with van der Waals surface area (Å²) < 4.78 is 30.5. The molecule has 0 fully saturated rings. The summed E-state index contributed by atoms with van der Waals surface area (Å²) in [4.78, 5) is 40.2. The number of hydrogen-bond donors (Lipinski definition) is 1. The molecule has 0 radical (unpaired) electrons. The Hall–Kier alpha value is -1.25. The highest BCUT2D eigenvalue weighted by Gasteiger charge is 2.27. The van der Waals surface area contributed by atoms with Gasteiger partial charge in [0.2, 0.25) is 5.91 Å². The van der Waals surface area contributed by atoms with Crippen LogP contribution in [0.1, 0.15) is 419 Å². The van der Waals surface area contributed by atoms with E-state index < -0.39 is 20.0 Å². The molecule has 0 saturated heterocycles. The number of hydrogen-bond acceptors (Lipinski definition) is 7. The molecule has 0 aromatic heterocycles. The number of amides is 1. The number of phosphoric ester groups is 1. The molecule has 3 unspecified atom stereocenters. The van der Waals surface area contributed by atoms with E-state index in [0.29, 0.717) is 17.4 Å². The summed E-state index contributed by atoms with van der Waals surface area (Å²) in [5.74, 6) is -0.511. The number of nitrogens with zero attached hydrogens (tertiary/aromatic N) is 1. The van der Waals surface area contributed by atoms with Crippen molar-refractivity contribution in [3.05, 3.63) is 12.2 Å². The zero-order valence-corrected chi connectivity index (χ0v) is 60.4. The Morgan fingerprint density at radius 3 is 0.943 bits per heavy atom. The number of ether oxygens (including phenoxy) is 1. The summed E-state index contributed by atoms with van der Waals surface area (Å²) in [5, 5.41) is 3.06. The Labute approximate surface area is 543 Å². The molecule has 9 nitrogen and oxygen atoms in total. The van der Waals surface area contributed by atoms with Crippen LogP contribution in [0.3, 0.4) is 0 Å². The molecule has 0 rings (SSSR count). The third-order valence-electron chi connectivity index (χ3n) is 18.2. The van der Waals surface area contributed by atoms with E-state index in [1.165, 1.54) is 327 Å². The number of unbranched alkanes of at least 4 members (excludes halogenated alkanes) is 57. The molecule has 0 heterocycles. The van der Waals surface area contributed by atoms with E-state index in [-0.39, 0.29) is 31.5 Å². The van der Waals surface area contributed by atoms with Gasteiger partial charge in [-0.3, -0.25) is 14.2 Å². The van der Waals surface area contributed by atoms with Gasteiger partial charge in [0.05, 0.1) is 33.8 Å². The Bertz CT molecular complexity index is 1490. The van der Waals surface area contributed by atoms with Crippen LogP contribution < -0.4 is 10.2 Å². The van der Waals surface area contributed by atoms with Gasteiger partial charge in [0, 0.05) is 12.8 Å². The van der Waals surface area contributed by atoms with Crippen molar-refractivity contribution in [2.24, 2.45) is 0 Å². The van der Waals surface area contributed by atoms with Crippen LogP contribution in [0.15, 0.2) is 12.2 Å². The normalized spacial score (nSPS) is 13.4. The molecule has 87 heavy (non-hydrogen) atoms. The van der Waals surface area contributed by atoms with Crippen LogP contribution in [0, 0.1) is 0 Å². The van der Waals surface area contributed by atoms with Gasteiger partial charge in [0.25, 0.3) is 7.82 Å². The highest BCUT2D eigenvalue weighted by Crippen LogP contribution is 2.38. The minimum absolute atomic E-state index is 0.0163. The van der Waals surface area contributed by atoms with Crippen LogP contribution in [0.4, 0.5) is 0 Å². The molecule has 0 spiro atoms. The maximum absolute atomic E-state index is 13.6. The smallest absolute Gasteiger partial charge is 0.306 e. The molecular weight excluding hydrogens is 1100 g/mol. The Balaban J connectivity index is 4.85. The van der Waals surface area contributed by atoms with Crippen molar-refractivity contribution in [1.82, 2.24) is 5.32 Å². The van der Waals surface area contributed by atoms with Gasteiger partial charge in [0.15, 0.2) is 0 Å². The monoisotopic (exact) mass is 1250 g/mol. The summed E-state index contributed by atoms with van der Waals surface area (Å²) in [6.45, 7) is 6.93. The van der Waals surface area contributed by atoms with Crippen LogP contribution in [-0.2, 0) is 27.9 Å². The van der Waals surface area contributed by atoms with Crippen molar-refractivity contribution in [2.75, 3.05) is 40.9 Å². The van der Waals surface area contributed by atoms with Gasteiger partial charge in [-0.25, -0.2) is 0 Å². The molecule has 0 aliphatic rings. The second-order valence-corrected chi connectivity index (χ2v) is 29.6. The number of nitrogens with one attached hydrogen (secondary N) is 1. The number of likely N-dealkylation sites (N-methyl/N-ethyl adjacent to an activating group) is 1. The molecule has 1 amide bonds. The predicted octanol–water partition coefficient (Wildman–Crippen LogP) is 24.4. The highest BCUT2D eigenvalue weighted by atomic mass is 31.2. The first-order valence-corrected chi connectivity index (χ1v) is 40.5. The van der Waals surface area contributed by atoms with E-state index in [1.807, 2.05) is 33.3 Å². The number of allylic oxidation sites excluding steroid dienone is 1. The van der Waals surface area contributed by atoms with Gasteiger partial charge in [-0.15, -0.1) is 0 Å². The average Bonchev–Trinajstić information content (AvgIpc) is 3.70. The maximum atomic E-state index is 13.6. The average molecular weight is 1250 g/mol. The minimum Gasteiger partial charge on any atom is -0.756 e. The number of rotatable bonds is 73. The third kappa shape index (κ3) is 68.9. The number of phosphoric acid groups is 1. The zero-order chi connectivity index (χ0) is 63.5. The maximum Gasteiger partial charge on any atom is 0.306 e. The van der Waals surface area contributed by atoms with Gasteiger partial charge in [-0.2, -0.15) is 0 Å². The molecule has 0 aliphatic heterocycles. The lowest BCUT2D eigenvalue weighted by Gasteiger charge is -2.30. The predicted molar refractivity (Wildman–Crippen MR) is 377 cm³/mol. The molecule has 0 saturated carbocycles. The number of carbonyl (C=O) groups excluding carboxylic acids is 2. The van der Waals surface area contributed by atoms with Crippen molar-refractivity contribution < 1.29 is 37.3 Å². The molecule has 10 heteroatoms. The van der Waals surface area contributed by atoms with E-state index >= 15 is 0 Å². The molecular formula is C77H153N2O7P. The lowest BCUT2D eigenvalue weighted by Crippen LogP contribution is -2.47. The number of carbonyl (C=O) groups is 2. The second kappa shape index (κ2) is 67.6. The van der Waals surface area contributed by atoms with Crippen molar-refractivity contribution in [3.63, 3.8) is 0 Å². The van der Waals surface area contributed by atoms with E-state index in [9.17, 15) is 19.0 Å². The van der Waals surface area contributed by atoms with Gasteiger partial charge in [-0.1, -0.05) is 386 Å². The summed E-state index contributed by atoms with van der Waals surface area (Å²) in [5.41, 5.74) is 0. The van der Waals surface area contributed by atoms with Gasteiger partial charge in [-0.05, 0) is 31.8 Å². The molecule has 0 aromatic rings. The fourth-order valence-corrected chi connectivity index (χ4v) is 13.0. The first kappa shape index (κ1) is 85.8. The van der Waals surface area contributed by atoms with E-state index in [0.717, 1.165) is 57.8 Å². The first-order valence-electron chi connectivity index (χ1n) is 39.0. The summed E-state index contributed by atoms with van der Waals surface area (Å²) in [7, 11) is 1.22. The van der Waals surface area contributed by atoms with Crippen LogP contribution in [0.5, 0.6) is 0 Å². The van der Waals surface area contributed by atoms with E-state index in [1.54, 1.807) is 0 Å². The Morgan fingerprint density at radius 1 is 0.391 bits per heavy atom. The molecule has 0 aromatic carbocycles. The van der Waals surface area contributed by atoms with Crippen LogP contribution in [0.25, 0.3) is 0 Å². The van der Waals surface area contributed by atoms with Gasteiger partial charge < -0.3 is 28.5 Å². The number of esters is 1. The number of quaternary nitrogens is 1. The van der Waals surface area contributed by atoms with Crippen molar-refractivity contribution in [2.45, 2.75) is 431 Å². The molecule has 518 valence electrons. The fraction of sp³-hybridized carbons (Fsp3) is 0.948. The van der Waals surface area contributed by atoms with E-state index in [4.69, 9.17) is 13.8 Å². The summed E-state index contributed by atoms with van der Waals surface area (Å²) >= 11 is 0. The Morgan fingerprint density at radius 2 is 0.655 bits per heavy atom. The third-order valence-corrected chi connectivity index (χ3v) is 19.2. The van der Waals surface area contributed by atoms with Crippen LogP contribution >= 0.6 is 7.82 Å². The quantitative estimate of drug-likeness (QED) is 0.0212. The van der Waals surface area contributed by atoms with Crippen LogP contribution in [0.2, 0.25) is 0 Å².